The van der Waals surface area contributed by atoms with E-state index in [9.17, 15) is 14.7 Å². The minimum atomic E-state index is -0.425. The smallest absolute Gasteiger partial charge is 0.336 e. The number of nitriles is 1. The quantitative estimate of drug-likeness (QED) is 0.697. The standard InChI is InChI=1S/C19H16N6O4/c1-9-3-11(7-21-14(9)6-20)25-18(27)16-15-5-12(24(16)19(25)28)8-23(15)17(26)13-4-10(2)29-22-13/h3-4,7,12,15,27H,5,8H2,1-2H3/t12-,15?/m1/s1. The molecule has 1 fully saturated rings. The highest BCUT2D eigenvalue weighted by atomic mass is 16.5. The molecule has 1 saturated heterocycles. The molecule has 2 bridgehead atoms. The van der Waals surface area contributed by atoms with E-state index in [0.29, 0.717) is 35.7 Å². The second-order valence-corrected chi connectivity index (χ2v) is 7.35. The summed E-state index contributed by atoms with van der Waals surface area (Å²) in [5.74, 6) is 0.0191. The number of carbonyl (C=O) groups excluding carboxylic acids is 1. The zero-order chi connectivity index (χ0) is 20.4. The third-order valence-electron chi connectivity index (χ3n) is 5.59. The van der Waals surface area contributed by atoms with Crippen LogP contribution in [0.2, 0.25) is 0 Å². The van der Waals surface area contributed by atoms with Crippen molar-refractivity contribution in [1.82, 2.24) is 24.2 Å². The van der Waals surface area contributed by atoms with Gasteiger partial charge in [-0.1, -0.05) is 5.16 Å². The van der Waals surface area contributed by atoms with Crippen LogP contribution in [0.5, 0.6) is 5.88 Å². The molecule has 10 heteroatoms. The fourth-order valence-electron chi connectivity index (χ4n) is 4.32. The van der Waals surface area contributed by atoms with Crippen molar-refractivity contribution in [3.63, 3.8) is 0 Å². The predicted octanol–water partition coefficient (Wildman–Crippen LogP) is 1.36. The number of nitrogens with zero attached hydrogens (tertiary/aromatic N) is 6. The van der Waals surface area contributed by atoms with Crippen molar-refractivity contribution in [2.75, 3.05) is 6.54 Å². The summed E-state index contributed by atoms with van der Waals surface area (Å²) in [6.45, 7) is 3.78. The Bertz CT molecular complexity index is 1280. The normalized spacial score (nSPS) is 19.4. The lowest BCUT2D eigenvalue weighted by Gasteiger charge is -2.26. The highest BCUT2D eigenvalue weighted by Gasteiger charge is 2.49. The third-order valence-corrected chi connectivity index (χ3v) is 5.59. The largest absolute Gasteiger partial charge is 0.493 e. The summed E-state index contributed by atoms with van der Waals surface area (Å²) >= 11 is 0. The number of hydrogen-bond donors (Lipinski definition) is 1. The molecule has 0 radical (unpaired) electrons. The second-order valence-electron chi connectivity index (χ2n) is 7.35. The van der Waals surface area contributed by atoms with E-state index in [2.05, 4.69) is 10.1 Å². The maximum atomic E-state index is 13.0. The predicted molar refractivity (Wildman–Crippen MR) is 97.6 cm³/mol. The van der Waals surface area contributed by atoms with Gasteiger partial charge in [0.15, 0.2) is 5.69 Å². The monoisotopic (exact) mass is 392 g/mol. The van der Waals surface area contributed by atoms with Gasteiger partial charge in [-0.15, -0.1) is 0 Å². The van der Waals surface area contributed by atoms with Crippen LogP contribution in [0.1, 0.15) is 51.7 Å². The molecule has 29 heavy (non-hydrogen) atoms. The van der Waals surface area contributed by atoms with Crippen molar-refractivity contribution in [1.29, 1.82) is 5.26 Å². The van der Waals surface area contributed by atoms with E-state index >= 15 is 0 Å². The number of imidazole rings is 1. The Balaban J connectivity index is 1.58. The first kappa shape index (κ1) is 17.2. The van der Waals surface area contributed by atoms with Crippen LogP contribution in [0.15, 0.2) is 27.6 Å². The third kappa shape index (κ3) is 2.27. The van der Waals surface area contributed by atoms with Gasteiger partial charge < -0.3 is 14.5 Å². The van der Waals surface area contributed by atoms with Crippen molar-refractivity contribution < 1.29 is 14.4 Å². The van der Waals surface area contributed by atoms with Gasteiger partial charge in [0.1, 0.15) is 23.2 Å². The molecule has 1 amide bonds. The summed E-state index contributed by atoms with van der Waals surface area (Å²) < 4.78 is 7.71. The van der Waals surface area contributed by atoms with Gasteiger partial charge in [0.2, 0.25) is 5.88 Å². The molecule has 3 aromatic heterocycles. The van der Waals surface area contributed by atoms with Gasteiger partial charge in [0.25, 0.3) is 5.91 Å². The summed E-state index contributed by atoms with van der Waals surface area (Å²) in [6.07, 6.45) is 1.94. The van der Waals surface area contributed by atoms with Crippen LogP contribution in [0.25, 0.3) is 5.69 Å². The molecule has 0 saturated carbocycles. The van der Waals surface area contributed by atoms with E-state index in [1.54, 1.807) is 35.4 Å². The lowest BCUT2D eigenvalue weighted by molar-refractivity contribution is 0.0700. The summed E-state index contributed by atoms with van der Waals surface area (Å²) in [6, 6.07) is 4.53. The highest BCUT2D eigenvalue weighted by molar-refractivity contribution is 5.93. The van der Waals surface area contributed by atoms with Crippen LogP contribution in [0.3, 0.4) is 0 Å². The lowest BCUT2D eigenvalue weighted by atomic mass is 10.2. The molecule has 1 N–H and O–H groups in total. The number of fused-ring (bicyclic) bond motifs is 5. The fraction of sp³-hybridized carbons (Fsp3) is 0.316. The Morgan fingerprint density at radius 2 is 2.17 bits per heavy atom. The molecule has 2 aliphatic rings. The molecule has 3 aromatic rings. The molecular weight excluding hydrogens is 376 g/mol. The number of carbonyl (C=O) groups is 1. The van der Waals surface area contributed by atoms with Crippen molar-refractivity contribution in [3.05, 3.63) is 57.2 Å². The van der Waals surface area contributed by atoms with Crippen LogP contribution in [-0.2, 0) is 0 Å². The van der Waals surface area contributed by atoms with E-state index in [1.807, 2.05) is 6.07 Å². The first-order chi connectivity index (χ1) is 13.9. The van der Waals surface area contributed by atoms with E-state index in [1.165, 1.54) is 10.8 Å². The summed E-state index contributed by atoms with van der Waals surface area (Å²) in [7, 11) is 0. The first-order valence-electron chi connectivity index (χ1n) is 9.08. The number of rotatable bonds is 2. The molecule has 146 valence electrons. The molecule has 0 aromatic carbocycles. The number of pyridine rings is 1. The summed E-state index contributed by atoms with van der Waals surface area (Å²) in [5, 5.41) is 23.7. The number of aromatic nitrogens is 4. The molecule has 10 nitrogen and oxygen atoms in total. The molecule has 2 aliphatic heterocycles. The number of aromatic hydroxyl groups is 1. The van der Waals surface area contributed by atoms with Crippen molar-refractivity contribution >= 4 is 5.91 Å². The minimum absolute atomic E-state index is 0.204. The molecule has 0 aliphatic carbocycles. The van der Waals surface area contributed by atoms with Crippen LogP contribution in [-0.4, -0.2) is 41.7 Å². The van der Waals surface area contributed by atoms with E-state index in [0.717, 1.165) is 0 Å². The molecule has 5 heterocycles. The van der Waals surface area contributed by atoms with E-state index in [4.69, 9.17) is 9.78 Å². The molecule has 1 unspecified atom stereocenters. The SMILES string of the molecule is Cc1cc(C(=O)N2C[C@H]3CC2c2c(O)n(-c4cnc(C#N)c(C)c4)c(=O)n23)no1. The Labute approximate surface area is 164 Å². The van der Waals surface area contributed by atoms with Crippen LogP contribution < -0.4 is 5.69 Å². The van der Waals surface area contributed by atoms with E-state index in [-0.39, 0.29) is 34.9 Å². The average Bonchev–Trinajstić information content (AvgIpc) is 3.45. The number of likely N-dealkylation sites (tertiary alicyclic amines) is 1. The number of aryl methyl sites for hydroxylation is 2. The zero-order valence-electron chi connectivity index (χ0n) is 15.7. The fourth-order valence-corrected chi connectivity index (χ4v) is 4.32. The van der Waals surface area contributed by atoms with Gasteiger partial charge in [0, 0.05) is 12.6 Å². The zero-order valence-corrected chi connectivity index (χ0v) is 15.7. The van der Waals surface area contributed by atoms with Gasteiger partial charge in [0.05, 0.1) is 24.0 Å². The Kier molecular flexibility index (Phi) is 3.46. The second kappa shape index (κ2) is 5.81. The molecule has 5 rings (SSSR count). The van der Waals surface area contributed by atoms with Gasteiger partial charge in [-0.25, -0.2) is 14.3 Å². The Morgan fingerprint density at radius 3 is 2.83 bits per heavy atom. The Morgan fingerprint density at radius 1 is 1.38 bits per heavy atom. The summed E-state index contributed by atoms with van der Waals surface area (Å²) in [4.78, 5) is 31.5. The maximum Gasteiger partial charge on any atom is 0.336 e. The minimum Gasteiger partial charge on any atom is -0.493 e. The van der Waals surface area contributed by atoms with Crippen molar-refractivity contribution in [2.24, 2.45) is 0 Å². The van der Waals surface area contributed by atoms with Crippen molar-refractivity contribution in [2.45, 2.75) is 32.4 Å². The summed E-state index contributed by atoms with van der Waals surface area (Å²) in [5.41, 5.74) is 1.45. The maximum absolute atomic E-state index is 13.0. The highest BCUT2D eigenvalue weighted by Crippen LogP contribution is 2.48. The van der Waals surface area contributed by atoms with Gasteiger partial charge in [-0.3, -0.25) is 9.36 Å². The molecular formula is C19H16N6O4. The number of amides is 1. The lowest BCUT2D eigenvalue weighted by Crippen LogP contribution is -2.38. The number of hydrogen-bond acceptors (Lipinski definition) is 7. The van der Waals surface area contributed by atoms with Crippen LogP contribution in [0.4, 0.5) is 0 Å². The topological polar surface area (TPSA) is 130 Å². The molecule has 2 atom stereocenters. The van der Waals surface area contributed by atoms with Gasteiger partial charge in [-0.2, -0.15) is 5.26 Å². The first-order valence-corrected chi connectivity index (χ1v) is 9.08. The molecule has 0 spiro atoms. The van der Waals surface area contributed by atoms with Crippen LogP contribution >= 0.6 is 0 Å². The van der Waals surface area contributed by atoms with Crippen LogP contribution in [0, 0.1) is 25.2 Å². The average molecular weight is 392 g/mol. The van der Waals surface area contributed by atoms with E-state index < -0.39 is 6.04 Å². The van der Waals surface area contributed by atoms with Gasteiger partial charge >= 0.3 is 5.69 Å². The van der Waals surface area contributed by atoms with Gasteiger partial charge in [-0.05, 0) is 31.9 Å². The van der Waals surface area contributed by atoms with Crippen molar-refractivity contribution in [3.8, 4) is 17.6 Å². The Hall–Kier alpha value is -3.87.